The van der Waals surface area contributed by atoms with Crippen LogP contribution >= 0.6 is 0 Å². The quantitative estimate of drug-likeness (QED) is 0.487. The number of allylic oxidation sites excluding steroid dienone is 2. The van der Waals surface area contributed by atoms with Crippen LogP contribution in [0.3, 0.4) is 0 Å². The fourth-order valence-corrected chi connectivity index (χ4v) is 3.80. The largest absolute Gasteiger partial charge is 0.399 e. The molecule has 0 aromatic heterocycles. The van der Waals surface area contributed by atoms with Crippen molar-refractivity contribution >= 4 is 11.3 Å². The van der Waals surface area contributed by atoms with Crippen molar-refractivity contribution in [3.63, 3.8) is 0 Å². The third-order valence-electron chi connectivity index (χ3n) is 5.69. The molecule has 0 spiro atoms. The third-order valence-corrected chi connectivity index (χ3v) is 5.69. The molecule has 0 radical (unpaired) electrons. The molecule has 7 nitrogen and oxygen atoms in total. The van der Waals surface area contributed by atoms with Gasteiger partial charge in [-0.1, -0.05) is 12.1 Å². The van der Waals surface area contributed by atoms with Gasteiger partial charge in [-0.15, -0.1) is 0 Å². The summed E-state index contributed by atoms with van der Waals surface area (Å²) in [5.74, 6) is 0. The maximum Gasteiger partial charge on any atom is 0.257 e. The van der Waals surface area contributed by atoms with E-state index in [-0.39, 0.29) is 17.0 Å². The van der Waals surface area contributed by atoms with Crippen LogP contribution in [0.15, 0.2) is 42.1 Å². The van der Waals surface area contributed by atoms with Crippen LogP contribution in [-0.2, 0) is 0 Å². The molecule has 1 aliphatic carbocycles. The van der Waals surface area contributed by atoms with Gasteiger partial charge in [0.05, 0.1) is 22.6 Å². The van der Waals surface area contributed by atoms with Gasteiger partial charge in [0.25, 0.3) is 5.70 Å². The summed E-state index contributed by atoms with van der Waals surface area (Å²) >= 11 is 0. The van der Waals surface area contributed by atoms with E-state index in [1.807, 2.05) is 18.2 Å². The van der Waals surface area contributed by atoms with Gasteiger partial charge in [0.15, 0.2) is 0 Å². The number of nitrogens with two attached hydrogens (primary N) is 2. The highest BCUT2D eigenvalue weighted by Gasteiger charge is 2.42. The van der Waals surface area contributed by atoms with Crippen molar-refractivity contribution in [3.8, 4) is 0 Å². The van der Waals surface area contributed by atoms with Gasteiger partial charge in [-0.3, -0.25) is 19.9 Å². The molecule has 7 heteroatoms. The fraction of sp³-hybridized carbons (Fsp3) is 0.474. The molecule has 0 saturated carbocycles. The van der Waals surface area contributed by atoms with E-state index in [4.69, 9.17) is 11.5 Å². The van der Waals surface area contributed by atoms with E-state index in [0.717, 1.165) is 18.7 Å². The number of piperazine rings is 1. The summed E-state index contributed by atoms with van der Waals surface area (Å²) in [6, 6.07) is 7.80. The lowest BCUT2D eigenvalue weighted by Gasteiger charge is -2.49. The van der Waals surface area contributed by atoms with Crippen molar-refractivity contribution in [1.82, 2.24) is 9.80 Å². The van der Waals surface area contributed by atoms with Crippen LogP contribution in [-0.4, -0.2) is 52.6 Å². The first-order valence-electron chi connectivity index (χ1n) is 8.90. The number of benzene rings is 1. The van der Waals surface area contributed by atoms with Crippen molar-refractivity contribution in [1.29, 1.82) is 0 Å². The summed E-state index contributed by atoms with van der Waals surface area (Å²) in [6.07, 6.45) is 3.89. The summed E-state index contributed by atoms with van der Waals surface area (Å²) in [7, 11) is 2.11. The molecule has 3 atom stereocenters. The standard InChI is InChI=1S/C19H27N5O2/c1-13-11-23(12-14(2)22(13)3)19(21)9-8-17(18(10-19)24(25)26)15-4-6-16(20)7-5-15/h4-9,13-14H,10-12,20-21H2,1-3H3/t13-,14+,19?. The van der Waals surface area contributed by atoms with E-state index in [0.29, 0.717) is 23.3 Å². The lowest BCUT2D eigenvalue weighted by atomic mass is 9.88. The highest BCUT2D eigenvalue weighted by molar-refractivity contribution is 5.77. The van der Waals surface area contributed by atoms with Crippen LogP contribution in [0.1, 0.15) is 25.8 Å². The average molecular weight is 357 g/mol. The van der Waals surface area contributed by atoms with Crippen LogP contribution in [0.4, 0.5) is 5.69 Å². The van der Waals surface area contributed by atoms with Gasteiger partial charge >= 0.3 is 0 Å². The van der Waals surface area contributed by atoms with E-state index >= 15 is 0 Å². The molecule has 4 N–H and O–H groups in total. The molecule has 1 saturated heterocycles. The molecular weight excluding hydrogens is 330 g/mol. The molecule has 1 unspecified atom stereocenters. The Morgan fingerprint density at radius 1 is 1.19 bits per heavy atom. The predicted molar refractivity (Wildman–Crippen MR) is 104 cm³/mol. The zero-order valence-electron chi connectivity index (χ0n) is 15.6. The first kappa shape index (κ1) is 18.6. The van der Waals surface area contributed by atoms with E-state index in [2.05, 4.69) is 30.7 Å². The Bertz CT molecular complexity index is 746. The third kappa shape index (κ3) is 3.38. The van der Waals surface area contributed by atoms with Crippen LogP contribution in [0.25, 0.3) is 5.57 Å². The molecule has 0 bridgehead atoms. The normalized spacial score (nSPS) is 30.6. The van der Waals surface area contributed by atoms with Gasteiger partial charge in [-0.2, -0.15) is 0 Å². The highest BCUT2D eigenvalue weighted by Crippen LogP contribution is 2.35. The second kappa shape index (κ2) is 6.83. The molecule has 0 amide bonds. The first-order valence-corrected chi connectivity index (χ1v) is 8.90. The number of nitrogens with zero attached hydrogens (tertiary/aromatic N) is 3. The number of nitro groups is 1. The second-order valence-electron chi connectivity index (χ2n) is 7.51. The van der Waals surface area contributed by atoms with Crippen molar-refractivity contribution in [2.75, 3.05) is 25.9 Å². The summed E-state index contributed by atoms with van der Waals surface area (Å²) in [4.78, 5) is 15.9. The average Bonchev–Trinajstić information content (AvgIpc) is 2.60. The van der Waals surface area contributed by atoms with Gasteiger partial charge in [-0.25, -0.2) is 0 Å². The summed E-state index contributed by atoms with van der Waals surface area (Å²) in [5, 5.41) is 11.8. The lowest BCUT2D eigenvalue weighted by Crippen LogP contribution is -2.65. The maximum absolute atomic E-state index is 11.8. The number of anilines is 1. The predicted octanol–water partition coefficient (Wildman–Crippen LogP) is 1.90. The van der Waals surface area contributed by atoms with E-state index in [1.165, 1.54) is 0 Å². The van der Waals surface area contributed by atoms with Gasteiger partial charge in [0.2, 0.25) is 0 Å². The Morgan fingerprint density at radius 3 is 2.31 bits per heavy atom. The Labute approximate surface area is 154 Å². The molecule has 140 valence electrons. The second-order valence-corrected chi connectivity index (χ2v) is 7.51. The van der Waals surface area contributed by atoms with Crippen LogP contribution in [0.2, 0.25) is 0 Å². The molecule has 26 heavy (non-hydrogen) atoms. The maximum atomic E-state index is 11.8. The number of hydrogen-bond acceptors (Lipinski definition) is 6. The molecule has 2 aliphatic rings. The molecule has 1 fully saturated rings. The van der Waals surface area contributed by atoms with Crippen molar-refractivity contribution < 1.29 is 4.92 Å². The topological polar surface area (TPSA) is 102 Å². The minimum atomic E-state index is -0.844. The lowest BCUT2D eigenvalue weighted by molar-refractivity contribution is -0.428. The SMILES string of the molecule is C[C@@H]1CN(C2(N)C=CC(c3ccc(N)cc3)=C([N+](=O)[O-])C2)C[C@H](C)N1C. The zero-order chi connectivity index (χ0) is 19.1. The van der Waals surface area contributed by atoms with E-state index < -0.39 is 5.66 Å². The van der Waals surface area contributed by atoms with Gasteiger partial charge in [-0.05, 0) is 50.7 Å². The minimum absolute atomic E-state index is 0.152. The smallest absolute Gasteiger partial charge is 0.257 e. The highest BCUT2D eigenvalue weighted by atomic mass is 16.6. The van der Waals surface area contributed by atoms with Gasteiger partial charge in [0.1, 0.15) is 0 Å². The van der Waals surface area contributed by atoms with Crippen molar-refractivity contribution in [3.05, 3.63) is 57.8 Å². The van der Waals surface area contributed by atoms with Gasteiger partial charge < -0.3 is 11.5 Å². The molecule has 1 heterocycles. The minimum Gasteiger partial charge on any atom is -0.399 e. The Kier molecular flexibility index (Phi) is 4.88. The van der Waals surface area contributed by atoms with Crippen molar-refractivity contribution in [2.45, 2.75) is 38.0 Å². The van der Waals surface area contributed by atoms with Crippen molar-refractivity contribution in [2.24, 2.45) is 5.73 Å². The number of rotatable bonds is 3. The molecule has 1 aliphatic heterocycles. The monoisotopic (exact) mass is 357 g/mol. The first-order chi connectivity index (χ1) is 12.2. The van der Waals surface area contributed by atoms with Crippen LogP contribution in [0.5, 0.6) is 0 Å². The summed E-state index contributed by atoms with van der Waals surface area (Å²) in [5.41, 5.74) is 13.7. The molecule has 1 aromatic rings. The Balaban J connectivity index is 1.92. The molecule has 1 aromatic carbocycles. The molecule has 3 rings (SSSR count). The zero-order valence-corrected chi connectivity index (χ0v) is 15.6. The Hall–Kier alpha value is -2.22. The number of hydrogen-bond donors (Lipinski definition) is 2. The fourth-order valence-electron chi connectivity index (χ4n) is 3.80. The van der Waals surface area contributed by atoms with Crippen LogP contribution < -0.4 is 11.5 Å². The summed E-state index contributed by atoms with van der Waals surface area (Å²) in [6.45, 7) is 5.87. The van der Waals surface area contributed by atoms with Gasteiger partial charge in [0, 0.05) is 30.9 Å². The van der Waals surface area contributed by atoms with E-state index in [1.54, 1.807) is 18.2 Å². The van der Waals surface area contributed by atoms with E-state index in [9.17, 15) is 10.1 Å². The number of likely N-dealkylation sites (N-methyl/N-ethyl adjacent to an activating group) is 1. The van der Waals surface area contributed by atoms with Crippen LogP contribution in [0, 0.1) is 10.1 Å². The molecular formula is C19H27N5O2. The number of nitrogen functional groups attached to an aromatic ring is 1. The Morgan fingerprint density at radius 2 is 1.77 bits per heavy atom. The summed E-state index contributed by atoms with van der Waals surface area (Å²) < 4.78 is 0.